The molecular weight excluding hydrogens is 266 g/mol. The zero-order valence-corrected chi connectivity index (χ0v) is 11.8. The quantitative estimate of drug-likeness (QED) is 0.725. The maximum absolute atomic E-state index is 13.5. The number of rotatable bonds is 5. The van der Waals surface area contributed by atoms with Gasteiger partial charge in [-0.2, -0.15) is 0 Å². The number of carbonyl (C=O) groups excluding carboxylic acids is 1. The zero-order valence-electron chi connectivity index (χ0n) is 11.8. The van der Waals surface area contributed by atoms with Crippen LogP contribution in [0.4, 0.5) is 14.5 Å². The largest absolute Gasteiger partial charge is 0.396 e. The lowest BCUT2D eigenvalue weighted by Crippen LogP contribution is -2.41. The van der Waals surface area contributed by atoms with E-state index in [0.717, 1.165) is 6.07 Å². The summed E-state index contributed by atoms with van der Waals surface area (Å²) >= 11 is 0. The van der Waals surface area contributed by atoms with Crippen molar-refractivity contribution in [2.24, 2.45) is 5.92 Å². The highest BCUT2D eigenvalue weighted by molar-refractivity contribution is 5.95. The zero-order chi connectivity index (χ0) is 15.5. The molecule has 112 valence electrons. The van der Waals surface area contributed by atoms with Gasteiger partial charge in [0.05, 0.1) is 16.9 Å². The summed E-state index contributed by atoms with van der Waals surface area (Å²) in [6.07, 6.45) is 0.487. The SMILES string of the molecule is CC(C)CC(C)(O)CNC(=O)c1cc(N)c(F)cc1F. The van der Waals surface area contributed by atoms with E-state index in [1.165, 1.54) is 0 Å². The number of benzene rings is 1. The van der Waals surface area contributed by atoms with Crippen LogP contribution < -0.4 is 11.1 Å². The van der Waals surface area contributed by atoms with E-state index in [-0.39, 0.29) is 23.7 Å². The Hall–Kier alpha value is -1.69. The van der Waals surface area contributed by atoms with Crippen LogP contribution in [0.5, 0.6) is 0 Å². The highest BCUT2D eigenvalue weighted by Crippen LogP contribution is 2.18. The Morgan fingerprint density at radius 3 is 2.55 bits per heavy atom. The minimum Gasteiger partial charge on any atom is -0.396 e. The van der Waals surface area contributed by atoms with Gasteiger partial charge in [0.1, 0.15) is 11.6 Å². The first-order chi connectivity index (χ1) is 9.12. The molecule has 1 aromatic rings. The second kappa shape index (κ2) is 6.17. The summed E-state index contributed by atoms with van der Waals surface area (Å²) in [5.74, 6) is -2.39. The van der Waals surface area contributed by atoms with E-state index in [4.69, 9.17) is 5.73 Å². The number of nitrogen functional groups attached to an aromatic ring is 1. The van der Waals surface area contributed by atoms with Crippen LogP contribution >= 0.6 is 0 Å². The average Bonchev–Trinajstić information content (AvgIpc) is 2.29. The Bertz CT molecular complexity index is 502. The summed E-state index contributed by atoms with van der Waals surface area (Å²) in [5.41, 5.74) is 3.57. The van der Waals surface area contributed by atoms with Crippen LogP contribution in [-0.2, 0) is 0 Å². The van der Waals surface area contributed by atoms with Crippen LogP contribution in [0.2, 0.25) is 0 Å². The minimum atomic E-state index is -1.09. The number of aliphatic hydroxyl groups is 1. The van der Waals surface area contributed by atoms with Gasteiger partial charge in [-0.1, -0.05) is 13.8 Å². The number of anilines is 1. The van der Waals surface area contributed by atoms with Crippen LogP contribution in [0.25, 0.3) is 0 Å². The second-order valence-electron chi connectivity index (χ2n) is 5.63. The summed E-state index contributed by atoms with van der Waals surface area (Å²) in [5, 5.41) is 12.5. The number of hydrogen-bond acceptors (Lipinski definition) is 3. The Labute approximate surface area is 117 Å². The van der Waals surface area contributed by atoms with Gasteiger partial charge in [-0.3, -0.25) is 4.79 Å². The van der Waals surface area contributed by atoms with E-state index in [2.05, 4.69) is 5.32 Å². The van der Waals surface area contributed by atoms with Crippen molar-refractivity contribution in [1.82, 2.24) is 5.32 Å². The van der Waals surface area contributed by atoms with Crippen molar-refractivity contribution in [2.45, 2.75) is 32.8 Å². The Kier molecular flexibility index (Phi) is 5.05. The summed E-state index contributed by atoms with van der Waals surface area (Å²) in [4.78, 5) is 11.8. The van der Waals surface area contributed by atoms with Crippen molar-refractivity contribution < 1.29 is 18.7 Å². The molecule has 0 radical (unpaired) electrons. The van der Waals surface area contributed by atoms with Crippen LogP contribution in [0.1, 0.15) is 37.6 Å². The van der Waals surface area contributed by atoms with Crippen molar-refractivity contribution >= 4 is 11.6 Å². The topological polar surface area (TPSA) is 75.3 Å². The molecule has 0 bridgehead atoms. The molecule has 0 saturated carbocycles. The normalized spacial score (nSPS) is 14.2. The van der Waals surface area contributed by atoms with Crippen LogP contribution in [0.15, 0.2) is 12.1 Å². The fourth-order valence-electron chi connectivity index (χ4n) is 2.06. The standard InChI is InChI=1S/C14H20F2N2O2/c1-8(2)6-14(3,20)7-18-13(19)9-4-12(17)11(16)5-10(9)15/h4-5,8,20H,6-7,17H2,1-3H3,(H,18,19). The van der Waals surface area contributed by atoms with E-state index < -0.39 is 23.1 Å². The molecule has 4 N–H and O–H groups in total. The van der Waals surface area contributed by atoms with Crippen molar-refractivity contribution in [2.75, 3.05) is 12.3 Å². The van der Waals surface area contributed by atoms with Gasteiger partial charge in [-0.05, 0) is 25.3 Å². The molecule has 0 spiro atoms. The smallest absolute Gasteiger partial charge is 0.254 e. The van der Waals surface area contributed by atoms with Crippen molar-refractivity contribution in [3.63, 3.8) is 0 Å². The maximum atomic E-state index is 13.5. The first-order valence-electron chi connectivity index (χ1n) is 6.37. The van der Waals surface area contributed by atoms with Gasteiger partial charge in [0.25, 0.3) is 5.91 Å². The molecule has 1 unspecified atom stereocenters. The molecule has 6 heteroatoms. The first-order valence-corrected chi connectivity index (χ1v) is 6.37. The van der Waals surface area contributed by atoms with E-state index in [9.17, 15) is 18.7 Å². The molecular formula is C14H20F2N2O2. The molecule has 0 aromatic heterocycles. The van der Waals surface area contributed by atoms with Gasteiger partial charge in [0.2, 0.25) is 0 Å². The van der Waals surface area contributed by atoms with Crippen LogP contribution in [0, 0.1) is 17.6 Å². The summed E-state index contributed by atoms with van der Waals surface area (Å²) in [7, 11) is 0. The van der Waals surface area contributed by atoms with Gasteiger partial charge in [0.15, 0.2) is 0 Å². The number of carbonyl (C=O) groups is 1. The predicted molar refractivity (Wildman–Crippen MR) is 73.2 cm³/mol. The van der Waals surface area contributed by atoms with Crippen molar-refractivity contribution in [3.8, 4) is 0 Å². The number of nitrogens with one attached hydrogen (secondary N) is 1. The fourth-order valence-corrected chi connectivity index (χ4v) is 2.06. The first kappa shape index (κ1) is 16.4. The molecule has 0 fully saturated rings. The van der Waals surface area contributed by atoms with Crippen molar-refractivity contribution in [3.05, 3.63) is 29.3 Å². The lowest BCUT2D eigenvalue weighted by Gasteiger charge is -2.25. The molecule has 0 saturated heterocycles. The molecule has 1 atom stereocenters. The third kappa shape index (κ3) is 4.45. The molecule has 1 amide bonds. The monoisotopic (exact) mass is 286 g/mol. The molecule has 0 aliphatic carbocycles. The van der Waals surface area contributed by atoms with E-state index in [1.807, 2.05) is 13.8 Å². The Morgan fingerprint density at radius 1 is 1.40 bits per heavy atom. The molecule has 0 aliphatic heterocycles. The third-order valence-electron chi connectivity index (χ3n) is 2.81. The van der Waals surface area contributed by atoms with Gasteiger partial charge >= 0.3 is 0 Å². The van der Waals surface area contributed by atoms with Gasteiger partial charge in [0, 0.05) is 12.6 Å². The lowest BCUT2D eigenvalue weighted by molar-refractivity contribution is 0.0367. The summed E-state index contributed by atoms with van der Waals surface area (Å²) in [6.45, 7) is 5.44. The number of hydrogen-bond donors (Lipinski definition) is 3. The maximum Gasteiger partial charge on any atom is 0.254 e. The van der Waals surface area contributed by atoms with E-state index >= 15 is 0 Å². The molecule has 0 heterocycles. The average molecular weight is 286 g/mol. The van der Waals surface area contributed by atoms with Crippen molar-refractivity contribution in [1.29, 1.82) is 0 Å². The predicted octanol–water partition coefficient (Wildman–Crippen LogP) is 2.07. The molecule has 1 rings (SSSR count). The minimum absolute atomic E-state index is 0.0270. The highest BCUT2D eigenvalue weighted by Gasteiger charge is 2.24. The third-order valence-corrected chi connectivity index (χ3v) is 2.81. The van der Waals surface area contributed by atoms with Gasteiger partial charge < -0.3 is 16.2 Å². The number of nitrogens with two attached hydrogens (primary N) is 1. The molecule has 20 heavy (non-hydrogen) atoms. The van der Waals surface area contributed by atoms with E-state index in [1.54, 1.807) is 6.92 Å². The van der Waals surface area contributed by atoms with E-state index in [0.29, 0.717) is 12.5 Å². The fraction of sp³-hybridized carbons (Fsp3) is 0.500. The summed E-state index contributed by atoms with van der Waals surface area (Å²) < 4.78 is 26.5. The van der Waals surface area contributed by atoms with Gasteiger partial charge in [-0.25, -0.2) is 8.78 Å². The lowest BCUT2D eigenvalue weighted by atomic mass is 9.94. The molecule has 1 aromatic carbocycles. The summed E-state index contributed by atoms with van der Waals surface area (Å²) in [6, 6.07) is 1.51. The van der Waals surface area contributed by atoms with Crippen LogP contribution in [0.3, 0.4) is 0 Å². The molecule has 4 nitrogen and oxygen atoms in total. The second-order valence-corrected chi connectivity index (χ2v) is 5.63. The molecule has 0 aliphatic rings. The Morgan fingerprint density at radius 2 is 2.00 bits per heavy atom. The van der Waals surface area contributed by atoms with Gasteiger partial charge in [-0.15, -0.1) is 0 Å². The number of halogens is 2. The Balaban J connectivity index is 2.75. The number of amides is 1. The highest BCUT2D eigenvalue weighted by atomic mass is 19.1. The van der Waals surface area contributed by atoms with Crippen LogP contribution in [-0.4, -0.2) is 23.2 Å².